The van der Waals surface area contributed by atoms with Crippen molar-refractivity contribution >= 4 is 34.4 Å². The van der Waals surface area contributed by atoms with Crippen molar-refractivity contribution in [1.29, 1.82) is 0 Å². The maximum Gasteiger partial charge on any atom is 0.247 e. The van der Waals surface area contributed by atoms with Crippen LogP contribution in [0.4, 0.5) is 0 Å². The fraction of sp³-hybridized carbons (Fsp3) is 0.250. The molecule has 33 heavy (non-hydrogen) atoms. The molecule has 4 aromatic rings. The zero-order valence-electron chi connectivity index (χ0n) is 18.3. The van der Waals surface area contributed by atoms with Gasteiger partial charge in [0.2, 0.25) is 11.8 Å². The monoisotopic (exact) mass is 465 g/mol. The Kier molecular flexibility index (Phi) is 6.74. The van der Waals surface area contributed by atoms with Crippen molar-refractivity contribution in [2.24, 2.45) is 0 Å². The highest BCUT2D eigenvalue weighted by molar-refractivity contribution is 6.30. The van der Waals surface area contributed by atoms with E-state index in [-0.39, 0.29) is 30.9 Å². The molecule has 0 aliphatic heterocycles. The van der Waals surface area contributed by atoms with Crippen LogP contribution in [0, 0.1) is 0 Å². The molecule has 9 heteroatoms. The second-order valence-electron chi connectivity index (χ2n) is 7.88. The Morgan fingerprint density at radius 1 is 1.09 bits per heavy atom. The van der Waals surface area contributed by atoms with Crippen molar-refractivity contribution in [3.05, 3.63) is 83.3 Å². The van der Waals surface area contributed by atoms with E-state index in [0.29, 0.717) is 21.9 Å². The first-order chi connectivity index (χ1) is 15.9. The van der Waals surface area contributed by atoms with Crippen molar-refractivity contribution in [2.45, 2.75) is 39.0 Å². The number of nitrogens with zero attached hydrogens (tertiary/aromatic N) is 4. The lowest BCUT2D eigenvalue weighted by molar-refractivity contribution is -0.143. The Morgan fingerprint density at radius 2 is 1.85 bits per heavy atom. The van der Waals surface area contributed by atoms with Gasteiger partial charge in [-0.05, 0) is 55.8 Å². The molecule has 1 N–H and O–H groups in total. The van der Waals surface area contributed by atoms with Crippen LogP contribution in [-0.4, -0.2) is 37.7 Å². The number of furan rings is 1. The van der Waals surface area contributed by atoms with Crippen molar-refractivity contribution in [3.8, 4) is 0 Å². The number of benzene rings is 2. The van der Waals surface area contributed by atoms with E-state index in [1.54, 1.807) is 52.2 Å². The number of carbonyl (C=O) groups is 2. The number of hydrogen-bond acceptors (Lipinski definition) is 5. The molecule has 0 bridgehead atoms. The average Bonchev–Trinajstić information content (AvgIpc) is 3.46. The summed E-state index contributed by atoms with van der Waals surface area (Å²) in [5.41, 5.74) is 2.11. The van der Waals surface area contributed by atoms with Crippen LogP contribution >= 0.6 is 11.6 Å². The van der Waals surface area contributed by atoms with Gasteiger partial charge in [0, 0.05) is 11.1 Å². The quantitative estimate of drug-likeness (QED) is 0.425. The third-order valence-electron chi connectivity index (χ3n) is 5.28. The van der Waals surface area contributed by atoms with Gasteiger partial charge >= 0.3 is 0 Å². The molecule has 0 spiro atoms. The summed E-state index contributed by atoms with van der Waals surface area (Å²) in [6.07, 6.45) is 1.55. The molecule has 4 rings (SSSR count). The summed E-state index contributed by atoms with van der Waals surface area (Å²) in [7, 11) is 0. The highest BCUT2D eigenvalue weighted by Crippen LogP contribution is 2.26. The van der Waals surface area contributed by atoms with E-state index in [0.717, 1.165) is 5.52 Å². The minimum atomic E-state index is -0.862. The normalized spacial score (nSPS) is 12.1. The van der Waals surface area contributed by atoms with E-state index in [2.05, 4.69) is 15.6 Å². The van der Waals surface area contributed by atoms with Crippen LogP contribution in [0.5, 0.6) is 0 Å². The van der Waals surface area contributed by atoms with Gasteiger partial charge in [-0.3, -0.25) is 9.59 Å². The molecule has 1 atom stereocenters. The van der Waals surface area contributed by atoms with E-state index < -0.39 is 6.04 Å². The van der Waals surface area contributed by atoms with Crippen LogP contribution < -0.4 is 5.32 Å². The zero-order chi connectivity index (χ0) is 23.4. The molecular formula is C24H24ClN5O3. The van der Waals surface area contributed by atoms with E-state index in [1.807, 2.05) is 38.1 Å². The Morgan fingerprint density at radius 3 is 2.55 bits per heavy atom. The van der Waals surface area contributed by atoms with Gasteiger partial charge in [-0.25, -0.2) is 4.68 Å². The highest BCUT2D eigenvalue weighted by atomic mass is 35.5. The number of carbonyl (C=O) groups excluding carboxylic acids is 2. The van der Waals surface area contributed by atoms with Crippen molar-refractivity contribution in [1.82, 2.24) is 25.2 Å². The van der Waals surface area contributed by atoms with Crippen LogP contribution in [0.1, 0.15) is 31.2 Å². The van der Waals surface area contributed by atoms with E-state index in [1.165, 1.54) is 0 Å². The molecule has 0 fully saturated rings. The Hall–Kier alpha value is -3.65. The predicted molar refractivity (Wildman–Crippen MR) is 124 cm³/mol. The van der Waals surface area contributed by atoms with Gasteiger partial charge in [0.1, 0.15) is 23.9 Å². The van der Waals surface area contributed by atoms with Gasteiger partial charge in [0.15, 0.2) is 0 Å². The Labute approximate surface area is 196 Å². The van der Waals surface area contributed by atoms with Gasteiger partial charge in [-0.15, -0.1) is 5.10 Å². The molecule has 170 valence electrons. The molecule has 0 aliphatic carbocycles. The van der Waals surface area contributed by atoms with Crippen LogP contribution in [0.3, 0.4) is 0 Å². The number of halogens is 1. The van der Waals surface area contributed by atoms with Gasteiger partial charge in [-0.2, -0.15) is 0 Å². The van der Waals surface area contributed by atoms with Gasteiger partial charge in [-0.1, -0.05) is 41.1 Å². The standard InChI is InChI=1S/C24H24ClN5O3/c1-16(2)30(22(31)15-29-21-8-4-3-7-20(21)27-28-29)23(17-9-11-18(25)12-10-17)24(32)26-14-19-6-5-13-33-19/h3-13,16,23H,14-15H2,1-2H3,(H,26,32). The van der Waals surface area contributed by atoms with E-state index in [4.69, 9.17) is 16.0 Å². The molecule has 0 aliphatic rings. The summed E-state index contributed by atoms with van der Waals surface area (Å²) in [6, 6.07) is 16.8. The molecule has 1 unspecified atom stereocenters. The molecule has 2 amide bonds. The molecule has 2 aromatic carbocycles. The zero-order valence-corrected chi connectivity index (χ0v) is 19.1. The summed E-state index contributed by atoms with van der Waals surface area (Å²) in [5, 5.41) is 11.7. The lowest BCUT2D eigenvalue weighted by atomic mass is 10.0. The van der Waals surface area contributed by atoms with E-state index in [9.17, 15) is 9.59 Å². The smallest absolute Gasteiger partial charge is 0.247 e. The summed E-state index contributed by atoms with van der Waals surface area (Å²) in [4.78, 5) is 28.5. The van der Waals surface area contributed by atoms with Gasteiger partial charge in [0.25, 0.3) is 0 Å². The summed E-state index contributed by atoms with van der Waals surface area (Å²) >= 11 is 6.07. The molecule has 0 saturated heterocycles. The Balaban J connectivity index is 1.64. The Bertz CT molecular complexity index is 1230. The number of aromatic nitrogens is 3. The summed E-state index contributed by atoms with van der Waals surface area (Å²) < 4.78 is 6.87. The third kappa shape index (κ3) is 5.06. The molecule has 0 radical (unpaired) electrons. The summed E-state index contributed by atoms with van der Waals surface area (Å²) in [6.45, 7) is 3.91. The maximum absolute atomic E-state index is 13.5. The lowest BCUT2D eigenvalue weighted by Crippen LogP contribution is -2.48. The van der Waals surface area contributed by atoms with Crippen LogP contribution in [-0.2, 0) is 22.7 Å². The predicted octanol–water partition coefficient (Wildman–Crippen LogP) is 3.97. The fourth-order valence-corrected chi connectivity index (χ4v) is 3.87. The summed E-state index contributed by atoms with van der Waals surface area (Å²) in [5.74, 6) is 0.0442. The van der Waals surface area contributed by atoms with Crippen molar-refractivity contribution in [3.63, 3.8) is 0 Å². The van der Waals surface area contributed by atoms with Gasteiger partial charge in [0.05, 0.1) is 18.3 Å². The number of amides is 2. The lowest BCUT2D eigenvalue weighted by Gasteiger charge is -2.34. The van der Waals surface area contributed by atoms with Crippen LogP contribution in [0.2, 0.25) is 5.02 Å². The minimum Gasteiger partial charge on any atom is -0.467 e. The van der Waals surface area contributed by atoms with Crippen molar-refractivity contribution in [2.75, 3.05) is 0 Å². The maximum atomic E-state index is 13.5. The van der Waals surface area contributed by atoms with Crippen LogP contribution in [0.25, 0.3) is 11.0 Å². The molecule has 8 nitrogen and oxygen atoms in total. The van der Waals surface area contributed by atoms with Gasteiger partial charge < -0.3 is 14.6 Å². The largest absolute Gasteiger partial charge is 0.467 e. The minimum absolute atomic E-state index is 0.0474. The molecular weight excluding hydrogens is 442 g/mol. The highest BCUT2D eigenvalue weighted by Gasteiger charge is 2.33. The number of hydrogen-bond donors (Lipinski definition) is 1. The number of fused-ring (bicyclic) bond motifs is 1. The molecule has 0 saturated carbocycles. The number of rotatable bonds is 8. The number of nitrogens with one attached hydrogen (secondary N) is 1. The first-order valence-corrected chi connectivity index (χ1v) is 11.0. The van der Waals surface area contributed by atoms with Crippen molar-refractivity contribution < 1.29 is 14.0 Å². The second-order valence-corrected chi connectivity index (χ2v) is 8.32. The third-order valence-corrected chi connectivity index (χ3v) is 5.53. The number of para-hydroxylation sites is 1. The molecule has 2 aromatic heterocycles. The van der Waals surface area contributed by atoms with E-state index >= 15 is 0 Å². The first-order valence-electron chi connectivity index (χ1n) is 10.6. The topological polar surface area (TPSA) is 93.3 Å². The van der Waals surface area contributed by atoms with Crippen LogP contribution in [0.15, 0.2) is 71.3 Å². The first kappa shape index (κ1) is 22.5. The second kappa shape index (κ2) is 9.87. The fourth-order valence-electron chi connectivity index (χ4n) is 3.74. The molecule has 2 heterocycles. The average molecular weight is 466 g/mol. The SMILES string of the molecule is CC(C)N(C(=O)Cn1nnc2ccccc21)C(C(=O)NCc1ccco1)c1ccc(Cl)cc1.